The molecule has 0 aliphatic heterocycles. The summed E-state index contributed by atoms with van der Waals surface area (Å²) in [6.45, 7) is 13.4. The molecule has 0 saturated heterocycles. The van der Waals surface area contributed by atoms with E-state index in [9.17, 15) is 5.26 Å². The molecule has 4 nitrogen and oxygen atoms in total. The Hall–Kier alpha value is -5.14. The molecule has 2 aliphatic carbocycles. The molecule has 11 rings (SSSR count). The van der Waals surface area contributed by atoms with Crippen LogP contribution in [0.5, 0.6) is 0 Å². The van der Waals surface area contributed by atoms with Crippen LogP contribution in [0.4, 0.5) is 0 Å². The van der Waals surface area contributed by atoms with Crippen LogP contribution in [0.25, 0.3) is 82.3 Å². The molecule has 234 valence electrons. The number of hydrogen-bond donors (Lipinski definition) is 0. The predicted molar refractivity (Wildman–Crippen MR) is 202 cm³/mol. The maximum absolute atomic E-state index is 10.7. The van der Waals surface area contributed by atoms with E-state index in [-0.39, 0.29) is 10.8 Å². The van der Waals surface area contributed by atoms with Gasteiger partial charge >= 0.3 is 0 Å². The quantitative estimate of drug-likeness (QED) is 0.169. The van der Waals surface area contributed by atoms with Gasteiger partial charge in [0.15, 0.2) is 0 Å². The number of para-hydroxylation sites is 2. The summed E-state index contributed by atoms with van der Waals surface area (Å²) < 4.78 is 5.00. The number of fused-ring (bicyclic) bond motifs is 17. The minimum Gasteiger partial charge on any atom is -0.308 e. The lowest BCUT2D eigenvalue weighted by atomic mass is 9.81. The molecular formula is C44H38N4. The molecule has 0 amide bonds. The molecule has 5 aromatic heterocycles. The van der Waals surface area contributed by atoms with E-state index in [1.54, 1.807) is 0 Å². The van der Waals surface area contributed by atoms with Gasteiger partial charge in [0.25, 0.3) is 0 Å². The van der Waals surface area contributed by atoms with Crippen molar-refractivity contribution in [3.8, 4) is 6.07 Å². The van der Waals surface area contributed by atoms with Crippen LogP contribution in [-0.2, 0) is 17.3 Å². The molecule has 0 spiro atoms. The van der Waals surface area contributed by atoms with Crippen molar-refractivity contribution in [3.63, 3.8) is 0 Å². The first-order chi connectivity index (χ1) is 23.3. The van der Waals surface area contributed by atoms with E-state index >= 15 is 0 Å². The average Bonchev–Trinajstić information content (AvgIpc) is 3.79. The van der Waals surface area contributed by atoms with Crippen molar-refractivity contribution in [2.24, 2.45) is 0 Å². The zero-order chi connectivity index (χ0) is 32.9. The standard InChI is InChI=1S/C42H32N4.C2H6/c1-41(2)21-42(3,4)38-35-30(17-22(19-43)37(38)41)46-32-20-44-28-15-7-5-6-12-25(28)33(32)27-18-31-34(36(35)40(27)46)26-14-10-13-24-23-11-8-9-16-29(23)45(31)39(24)26;1-2/h6,8-14,16-18,20H,5,7,15,21H2,1-4H3;1-2H3. The normalized spacial score (nSPS) is 16.9. The van der Waals surface area contributed by atoms with Crippen LogP contribution in [-0.4, -0.2) is 13.8 Å². The summed E-state index contributed by atoms with van der Waals surface area (Å²) in [4.78, 5) is 5.11. The summed E-state index contributed by atoms with van der Waals surface area (Å²) in [7, 11) is 0. The number of nitriles is 1. The van der Waals surface area contributed by atoms with Gasteiger partial charge in [0, 0.05) is 54.3 Å². The second-order valence-corrected chi connectivity index (χ2v) is 15.2. The summed E-state index contributed by atoms with van der Waals surface area (Å²) >= 11 is 0. The van der Waals surface area contributed by atoms with Gasteiger partial charge < -0.3 is 8.80 Å². The van der Waals surface area contributed by atoms with Crippen molar-refractivity contribution in [1.82, 2.24) is 13.8 Å². The summed E-state index contributed by atoms with van der Waals surface area (Å²) in [5.74, 6) is 0. The summed E-state index contributed by atoms with van der Waals surface area (Å²) in [6.07, 6.45) is 11.0. The van der Waals surface area contributed by atoms with Crippen LogP contribution in [0.1, 0.15) is 88.8 Å². The van der Waals surface area contributed by atoms with Crippen molar-refractivity contribution >= 4 is 82.3 Å². The SMILES string of the molecule is CC.CC1(C)CC(C)(C)c2c1c(C#N)cc1c2c2c3c4cccc5c6ccccc6n(c3cc3c6c7c(ncc6n1c32)CCCC=C7)c54. The summed E-state index contributed by atoms with van der Waals surface area (Å²) in [5.41, 5.74) is 13.0. The highest BCUT2D eigenvalue weighted by Gasteiger charge is 2.46. The van der Waals surface area contributed by atoms with E-state index < -0.39 is 0 Å². The third kappa shape index (κ3) is 3.09. The van der Waals surface area contributed by atoms with Crippen LogP contribution in [0.15, 0.2) is 66.9 Å². The minimum atomic E-state index is -0.0967. The van der Waals surface area contributed by atoms with Gasteiger partial charge in [-0.25, -0.2) is 0 Å². The molecule has 9 aromatic rings. The van der Waals surface area contributed by atoms with E-state index in [2.05, 4.69) is 116 Å². The molecule has 0 fully saturated rings. The molecule has 2 aliphatic rings. The lowest BCUT2D eigenvalue weighted by Crippen LogP contribution is -2.18. The fourth-order valence-corrected chi connectivity index (χ4v) is 10.4. The average molecular weight is 623 g/mol. The van der Waals surface area contributed by atoms with Crippen LogP contribution in [0.3, 0.4) is 0 Å². The number of nitrogens with zero attached hydrogens (tertiary/aromatic N) is 4. The molecule has 4 aromatic carbocycles. The van der Waals surface area contributed by atoms with Gasteiger partial charge in [0.2, 0.25) is 0 Å². The predicted octanol–water partition coefficient (Wildman–Crippen LogP) is 11.6. The number of pyridine rings is 1. The molecule has 0 bridgehead atoms. The van der Waals surface area contributed by atoms with Gasteiger partial charge in [-0.2, -0.15) is 5.26 Å². The number of benzene rings is 4. The molecule has 5 heterocycles. The third-order valence-electron chi connectivity index (χ3n) is 11.6. The summed E-state index contributed by atoms with van der Waals surface area (Å²) in [5, 5.41) is 21.1. The fourth-order valence-electron chi connectivity index (χ4n) is 10.4. The fraction of sp³-hybridized carbons (Fsp3) is 0.273. The number of aryl methyl sites for hydroxylation is 1. The van der Waals surface area contributed by atoms with Gasteiger partial charge in [0.1, 0.15) is 0 Å². The maximum atomic E-state index is 10.7. The van der Waals surface area contributed by atoms with Crippen LogP contribution in [0.2, 0.25) is 0 Å². The molecule has 4 heteroatoms. The first-order valence-electron chi connectivity index (χ1n) is 17.7. The summed E-state index contributed by atoms with van der Waals surface area (Å²) in [6, 6.07) is 23.0. The lowest BCUT2D eigenvalue weighted by molar-refractivity contribution is 0.404. The van der Waals surface area contributed by atoms with Gasteiger partial charge in [-0.05, 0) is 65.8 Å². The zero-order valence-electron chi connectivity index (χ0n) is 28.5. The van der Waals surface area contributed by atoms with Gasteiger partial charge in [-0.3, -0.25) is 4.98 Å². The smallest absolute Gasteiger partial charge is 0.0995 e. The first kappa shape index (κ1) is 27.9. The Kier molecular flexibility index (Phi) is 5.27. The van der Waals surface area contributed by atoms with Crippen LogP contribution >= 0.6 is 0 Å². The molecular weight excluding hydrogens is 585 g/mol. The molecule has 0 atom stereocenters. The molecule has 0 radical (unpaired) electrons. The van der Waals surface area contributed by atoms with Crippen molar-refractivity contribution in [2.75, 3.05) is 0 Å². The second-order valence-electron chi connectivity index (χ2n) is 15.2. The van der Waals surface area contributed by atoms with E-state index in [4.69, 9.17) is 4.98 Å². The Balaban J connectivity index is 0.00000145. The molecule has 0 N–H and O–H groups in total. The topological polar surface area (TPSA) is 45.5 Å². The highest BCUT2D eigenvalue weighted by Crippen LogP contribution is 2.57. The van der Waals surface area contributed by atoms with E-state index in [1.165, 1.54) is 87.5 Å². The Labute approximate surface area is 279 Å². The zero-order valence-corrected chi connectivity index (χ0v) is 28.5. The van der Waals surface area contributed by atoms with Crippen LogP contribution in [0, 0.1) is 11.3 Å². The lowest BCUT2D eigenvalue weighted by Gasteiger charge is -2.23. The molecule has 0 saturated carbocycles. The monoisotopic (exact) mass is 622 g/mol. The van der Waals surface area contributed by atoms with Crippen molar-refractivity contribution in [3.05, 3.63) is 94.8 Å². The third-order valence-corrected chi connectivity index (χ3v) is 11.6. The number of hydrogen-bond acceptors (Lipinski definition) is 2. The number of allylic oxidation sites excluding steroid dienone is 1. The number of rotatable bonds is 0. The van der Waals surface area contributed by atoms with E-state index in [1.807, 2.05) is 13.8 Å². The molecule has 48 heavy (non-hydrogen) atoms. The molecule has 0 unspecified atom stereocenters. The van der Waals surface area contributed by atoms with Crippen LogP contribution < -0.4 is 0 Å². The Bertz CT molecular complexity index is 2920. The first-order valence-corrected chi connectivity index (χ1v) is 17.7. The van der Waals surface area contributed by atoms with E-state index in [0.29, 0.717) is 0 Å². The Morgan fingerprint density at radius 2 is 1.44 bits per heavy atom. The highest BCUT2D eigenvalue weighted by atomic mass is 15.0. The van der Waals surface area contributed by atoms with Crippen molar-refractivity contribution in [1.29, 1.82) is 5.26 Å². The highest BCUT2D eigenvalue weighted by molar-refractivity contribution is 6.38. The Morgan fingerprint density at radius 1 is 0.708 bits per heavy atom. The van der Waals surface area contributed by atoms with Crippen molar-refractivity contribution in [2.45, 2.75) is 78.1 Å². The second kappa shape index (κ2) is 9.05. The number of aromatic nitrogens is 3. The van der Waals surface area contributed by atoms with Gasteiger partial charge in [-0.15, -0.1) is 0 Å². The van der Waals surface area contributed by atoms with Crippen molar-refractivity contribution < 1.29 is 0 Å². The minimum absolute atomic E-state index is 0.0879. The van der Waals surface area contributed by atoms with E-state index in [0.717, 1.165) is 42.3 Å². The Morgan fingerprint density at radius 3 is 2.27 bits per heavy atom. The van der Waals surface area contributed by atoms with Gasteiger partial charge in [-0.1, -0.05) is 90.1 Å². The van der Waals surface area contributed by atoms with Gasteiger partial charge in [0.05, 0.1) is 50.9 Å². The largest absolute Gasteiger partial charge is 0.308 e. The maximum Gasteiger partial charge on any atom is 0.0995 e.